The Morgan fingerprint density at radius 3 is 2.50 bits per heavy atom. The SMILES string of the molecule is CN(C)CCNC(=O)c1cc(CC(=O)O)c(-c2ccc(Cl)cc2)s1. The molecule has 0 saturated heterocycles. The number of likely N-dealkylation sites (N-methyl/N-ethyl adjacent to an activating group) is 1. The van der Waals surface area contributed by atoms with Crippen LogP contribution in [0.15, 0.2) is 30.3 Å². The number of carboxylic acids is 1. The predicted octanol–water partition coefficient (Wildman–Crippen LogP) is 2.99. The van der Waals surface area contributed by atoms with Gasteiger partial charge in [0.2, 0.25) is 0 Å². The topological polar surface area (TPSA) is 69.6 Å². The first kappa shape index (κ1) is 18.4. The number of thiophene rings is 1. The lowest BCUT2D eigenvalue weighted by atomic mass is 10.1. The van der Waals surface area contributed by atoms with Gasteiger partial charge >= 0.3 is 5.97 Å². The highest BCUT2D eigenvalue weighted by Crippen LogP contribution is 2.34. The molecule has 128 valence electrons. The maximum Gasteiger partial charge on any atom is 0.307 e. The number of halogens is 1. The van der Waals surface area contributed by atoms with Crippen LogP contribution in [-0.4, -0.2) is 49.1 Å². The standard InChI is InChI=1S/C17H19ClN2O3S/c1-20(2)8-7-19-17(23)14-9-12(10-15(21)22)16(24-14)11-3-5-13(18)6-4-11/h3-6,9H,7-8,10H2,1-2H3,(H,19,23)(H,21,22). The number of nitrogens with zero attached hydrogens (tertiary/aromatic N) is 1. The van der Waals surface area contributed by atoms with Crippen molar-refractivity contribution in [3.63, 3.8) is 0 Å². The fourth-order valence-corrected chi connectivity index (χ4v) is 3.39. The lowest BCUT2D eigenvalue weighted by Gasteiger charge is -2.09. The zero-order valence-corrected chi connectivity index (χ0v) is 15.1. The lowest BCUT2D eigenvalue weighted by molar-refractivity contribution is -0.136. The average molecular weight is 367 g/mol. The highest BCUT2D eigenvalue weighted by molar-refractivity contribution is 7.17. The monoisotopic (exact) mass is 366 g/mol. The molecule has 0 aliphatic rings. The number of hydrogen-bond acceptors (Lipinski definition) is 4. The predicted molar refractivity (Wildman–Crippen MR) is 97.0 cm³/mol. The minimum absolute atomic E-state index is 0.126. The summed E-state index contributed by atoms with van der Waals surface area (Å²) >= 11 is 7.20. The summed E-state index contributed by atoms with van der Waals surface area (Å²) < 4.78 is 0. The first-order valence-electron chi connectivity index (χ1n) is 7.40. The minimum atomic E-state index is -0.928. The average Bonchev–Trinajstić information content (AvgIpc) is 2.90. The molecule has 0 aliphatic heterocycles. The number of carbonyl (C=O) groups is 2. The molecule has 0 atom stereocenters. The third-order valence-corrected chi connectivity index (χ3v) is 4.80. The number of nitrogens with one attached hydrogen (secondary N) is 1. The number of carbonyl (C=O) groups excluding carboxylic acids is 1. The minimum Gasteiger partial charge on any atom is -0.481 e. The molecule has 1 heterocycles. The van der Waals surface area contributed by atoms with Gasteiger partial charge in [0.25, 0.3) is 5.91 Å². The number of hydrogen-bond donors (Lipinski definition) is 2. The summed E-state index contributed by atoms with van der Waals surface area (Å²) in [4.78, 5) is 26.7. The van der Waals surface area contributed by atoms with Crippen molar-refractivity contribution in [1.82, 2.24) is 10.2 Å². The number of aliphatic carboxylic acids is 1. The Labute approximate surface area is 149 Å². The van der Waals surface area contributed by atoms with Crippen molar-refractivity contribution in [2.45, 2.75) is 6.42 Å². The summed E-state index contributed by atoms with van der Waals surface area (Å²) in [6, 6.07) is 8.81. The molecule has 0 unspecified atom stereocenters. The summed E-state index contributed by atoms with van der Waals surface area (Å²) in [6.45, 7) is 1.28. The van der Waals surface area contributed by atoms with Crippen LogP contribution in [0, 0.1) is 0 Å². The van der Waals surface area contributed by atoms with E-state index in [1.54, 1.807) is 18.2 Å². The van der Waals surface area contributed by atoms with Crippen molar-refractivity contribution in [2.75, 3.05) is 27.2 Å². The highest BCUT2D eigenvalue weighted by Gasteiger charge is 2.17. The van der Waals surface area contributed by atoms with Gasteiger partial charge in [-0.25, -0.2) is 0 Å². The summed E-state index contributed by atoms with van der Waals surface area (Å²) in [5, 5.41) is 12.6. The molecule has 7 heteroatoms. The molecule has 2 N–H and O–H groups in total. The van der Waals surface area contributed by atoms with Crippen LogP contribution in [0.25, 0.3) is 10.4 Å². The van der Waals surface area contributed by atoms with Crippen LogP contribution in [-0.2, 0) is 11.2 Å². The molecule has 2 aromatic rings. The molecule has 5 nitrogen and oxygen atoms in total. The lowest BCUT2D eigenvalue weighted by Crippen LogP contribution is -2.30. The Bertz CT molecular complexity index is 726. The van der Waals surface area contributed by atoms with E-state index in [0.29, 0.717) is 22.0 Å². The van der Waals surface area contributed by atoms with E-state index in [2.05, 4.69) is 5.32 Å². The van der Waals surface area contributed by atoms with Gasteiger partial charge < -0.3 is 15.3 Å². The van der Waals surface area contributed by atoms with Gasteiger partial charge in [-0.2, -0.15) is 0 Å². The van der Waals surface area contributed by atoms with E-state index in [1.165, 1.54) is 11.3 Å². The van der Waals surface area contributed by atoms with Crippen LogP contribution < -0.4 is 5.32 Å². The summed E-state index contributed by atoms with van der Waals surface area (Å²) in [6.07, 6.45) is -0.126. The van der Waals surface area contributed by atoms with Gasteiger partial charge in [0.1, 0.15) is 0 Å². The summed E-state index contributed by atoms with van der Waals surface area (Å²) in [5.74, 6) is -1.11. The van der Waals surface area contributed by atoms with Crippen molar-refractivity contribution >= 4 is 34.8 Å². The second-order valence-corrected chi connectivity index (χ2v) is 7.09. The fourth-order valence-electron chi connectivity index (χ4n) is 2.16. The van der Waals surface area contributed by atoms with Gasteiger partial charge in [0.15, 0.2) is 0 Å². The number of amides is 1. The van der Waals surface area contributed by atoms with Crippen LogP contribution in [0.2, 0.25) is 5.02 Å². The molecule has 0 spiro atoms. The maximum atomic E-state index is 12.3. The molecule has 0 fully saturated rings. The highest BCUT2D eigenvalue weighted by atomic mass is 35.5. The van der Waals surface area contributed by atoms with Crippen molar-refractivity contribution in [2.24, 2.45) is 0 Å². The van der Waals surface area contributed by atoms with Crippen LogP contribution in [0.4, 0.5) is 0 Å². The first-order chi connectivity index (χ1) is 11.4. The van der Waals surface area contributed by atoms with Crippen molar-refractivity contribution in [1.29, 1.82) is 0 Å². The molecular weight excluding hydrogens is 348 g/mol. The molecule has 0 radical (unpaired) electrons. The molecule has 1 aromatic heterocycles. The quantitative estimate of drug-likeness (QED) is 0.790. The Hall–Kier alpha value is -1.89. The third-order valence-electron chi connectivity index (χ3n) is 3.33. The molecule has 0 aliphatic carbocycles. The number of rotatable bonds is 7. The van der Waals surface area contributed by atoms with Gasteiger partial charge in [-0.3, -0.25) is 9.59 Å². The fraction of sp³-hybridized carbons (Fsp3) is 0.294. The molecule has 2 rings (SSSR count). The normalized spacial score (nSPS) is 10.8. The van der Waals surface area contributed by atoms with E-state index >= 15 is 0 Å². The molecule has 24 heavy (non-hydrogen) atoms. The van der Waals surface area contributed by atoms with E-state index in [4.69, 9.17) is 16.7 Å². The second-order valence-electron chi connectivity index (χ2n) is 5.60. The van der Waals surface area contributed by atoms with Crippen molar-refractivity contribution < 1.29 is 14.7 Å². The van der Waals surface area contributed by atoms with Crippen LogP contribution in [0.3, 0.4) is 0 Å². The van der Waals surface area contributed by atoms with Crippen LogP contribution in [0.5, 0.6) is 0 Å². The number of carboxylic acid groups (broad SMARTS) is 1. The van der Waals surface area contributed by atoms with E-state index in [1.807, 2.05) is 31.1 Å². The first-order valence-corrected chi connectivity index (χ1v) is 8.59. The van der Waals surface area contributed by atoms with E-state index in [0.717, 1.165) is 17.0 Å². The van der Waals surface area contributed by atoms with Crippen molar-refractivity contribution in [3.8, 4) is 10.4 Å². The Morgan fingerprint density at radius 1 is 1.25 bits per heavy atom. The molecular formula is C17H19ClN2O3S. The van der Waals surface area contributed by atoms with Gasteiger partial charge in [-0.1, -0.05) is 23.7 Å². The van der Waals surface area contributed by atoms with Gasteiger partial charge in [0, 0.05) is 23.0 Å². The Balaban J connectivity index is 2.26. The zero-order valence-electron chi connectivity index (χ0n) is 13.5. The van der Waals surface area contributed by atoms with E-state index < -0.39 is 5.97 Å². The molecule has 0 bridgehead atoms. The van der Waals surface area contributed by atoms with Gasteiger partial charge in [-0.05, 0) is 43.4 Å². The molecule has 0 saturated carbocycles. The Morgan fingerprint density at radius 2 is 1.92 bits per heavy atom. The van der Waals surface area contributed by atoms with Gasteiger partial charge in [-0.15, -0.1) is 11.3 Å². The van der Waals surface area contributed by atoms with Gasteiger partial charge in [0.05, 0.1) is 11.3 Å². The van der Waals surface area contributed by atoms with E-state index in [-0.39, 0.29) is 12.3 Å². The maximum absolute atomic E-state index is 12.3. The summed E-state index contributed by atoms with van der Waals surface area (Å²) in [7, 11) is 3.86. The largest absolute Gasteiger partial charge is 0.481 e. The molecule has 1 aromatic carbocycles. The van der Waals surface area contributed by atoms with Crippen molar-refractivity contribution in [3.05, 3.63) is 45.8 Å². The molecule has 1 amide bonds. The second kappa shape index (κ2) is 8.28. The third kappa shape index (κ3) is 5.06. The Kier molecular flexibility index (Phi) is 6.36. The zero-order chi connectivity index (χ0) is 17.7. The van der Waals surface area contributed by atoms with Crippen LogP contribution in [0.1, 0.15) is 15.2 Å². The van der Waals surface area contributed by atoms with E-state index in [9.17, 15) is 9.59 Å². The number of benzene rings is 1. The van der Waals surface area contributed by atoms with Crippen LogP contribution >= 0.6 is 22.9 Å². The summed E-state index contributed by atoms with van der Waals surface area (Å²) in [5.41, 5.74) is 1.49. The smallest absolute Gasteiger partial charge is 0.307 e.